The number of β-amino-alcohol motifs (C(OH)–C–C–N with tert-alkyl or cyclic N) is 1. The molecule has 22 heteroatoms. The average Bonchev–Trinajstić information content (AvgIpc) is 3.96. The van der Waals surface area contributed by atoms with Crippen LogP contribution in [-0.4, -0.2) is 153 Å². The third-order valence-corrected chi connectivity index (χ3v) is 16.7. The molecule has 6 aromatic rings. The number of thiazole rings is 1. The number of nitriles is 1. The second kappa shape index (κ2) is 25.2. The van der Waals surface area contributed by atoms with Gasteiger partial charge in [-0.1, -0.05) is 87.5 Å². The summed E-state index contributed by atoms with van der Waals surface area (Å²) < 4.78 is 29.4. The molecule has 5 atom stereocenters. The number of aromatic nitrogens is 4. The van der Waals surface area contributed by atoms with E-state index in [1.807, 2.05) is 93.6 Å². The van der Waals surface area contributed by atoms with Gasteiger partial charge in [0.2, 0.25) is 23.6 Å². The fourth-order valence-corrected chi connectivity index (χ4v) is 12.1. The number of nitrogens with zero attached hydrogens (tertiary/aromatic N) is 9. The number of nitrogens with one attached hydrogen (secondary N) is 2. The van der Waals surface area contributed by atoms with Crippen LogP contribution < -0.4 is 26.0 Å². The van der Waals surface area contributed by atoms with Crippen molar-refractivity contribution in [1.29, 1.82) is 5.26 Å². The predicted molar refractivity (Wildman–Crippen MR) is 310 cm³/mol. The average molecular weight is 1140 g/mol. The summed E-state index contributed by atoms with van der Waals surface area (Å²) in [4.78, 5) is 80.8. The van der Waals surface area contributed by atoms with Crippen molar-refractivity contribution < 1.29 is 38.1 Å². The van der Waals surface area contributed by atoms with Gasteiger partial charge in [0.25, 0.3) is 0 Å². The number of piperazine rings is 1. The van der Waals surface area contributed by atoms with E-state index < -0.39 is 47.3 Å². The third-order valence-electron chi connectivity index (χ3n) is 15.4. The molecule has 3 aliphatic rings. The van der Waals surface area contributed by atoms with Gasteiger partial charge in [0.05, 0.1) is 69.6 Å². The molecule has 3 fully saturated rings. The van der Waals surface area contributed by atoms with Gasteiger partial charge in [-0.15, -0.1) is 11.3 Å². The number of nitrogens with two attached hydrogens (primary N) is 1. The van der Waals surface area contributed by atoms with Crippen LogP contribution in [0.1, 0.15) is 70.7 Å². The fraction of sp³-hybridized carbons (Fsp3) is 0.441. The van der Waals surface area contributed by atoms with E-state index in [0.717, 1.165) is 39.9 Å². The number of amides is 4. The lowest BCUT2D eigenvalue weighted by Crippen LogP contribution is -2.58. The lowest BCUT2D eigenvalue weighted by molar-refractivity contribution is -0.144. The molecule has 0 radical (unpaired) electrons. The van der Waals surface area contributed by atoms with Crippen LogP contribution in [0.3, 0.4) is 0 Å². The number of aliphatic hydroxyl groups is 1. The predicted octanol–water partition coefficient (Wildman–Crippen LogP) is 7.25. The molecule has 5 N–H and O–H groups in total. The lowest BCUT2D eigenvalue weighted by atomic mass is 9.85. The van der Waals surface area contributed by atoms with E-state index in [9.17, 15) is 29.5 Å². The van der Waals surface area contributed by atoms with Crippen LogP contribution in [0.25, 0.3) is 43.4 Å². The van der Waals surface area contributed by atoms with E-state index in [1.165, 1.54) is 11.0 Å². The molecule has 0 spiro atoms. The Kier molecular flexibility index (Phi) is 18.1. The number of aryl methyl sites for hydroxylation is 1. The van der Waals surface area contributed by atoms with Gasteiger partial charge in [-0.25, -0.2) is 14.4 Å². The number of likely N-dealkylation sites (tertiary alicyclic amines) is 2. The molecule has 3 aliphatic heterocycles. The van der Waals surface area contributed by atoms with Crippen LogP contribution in [0.2, 0.25) is 5.02 Å². The van der Waals surface area contributed by atoms with Crippen molar-refractivity contribution in [2.24, 2.45) is 11.3 Å². The molecular weight excluding hydrogens is 1080 g/mol. The summed E-state index contributed by atoms with van der Waals surface area (Å²) in [5.41, 5.74) is 10.4. The molecule has 0 aliphatic carbocycles. The molecular formula is C59H68ClFN12O7S. The second-order valence-corrected chi connectivity index (χ2v) is 23.4. The summed E-state index contributed by atoms with van der Waals surface area (Å²) >= 11 is 8.52. The number of aliphatic hydroxyl groups excluding tert-OH is 1. The minimum absolute atomic E-state index is 0.0196. The van der Waals surface area contributed by atoms with Crippen molar-refractivity contribution in [3.63, 3.8) is 0 Å². The number of fused-ring (bicyclic) bond motifs is 2. The topological polar surface area (TPSA) is 245 Å². The van der Waals surface area contributed by atoms with E-state index in [2.05, 4.69) is 43.1 Å². The number of hydrogen-bond acceptors (Lipinski definition) is 16. The minimum atomic E-state index is -1.000. The van der Waals surface area contributed by atoms with Gasteiger partial charge >= 0.3 is 6.01 Å². The van der Waals surface area contributed by atoms with Gasteiger partial charge in [0.15, 0.2) is 5.82 Å². The van der Waals surface area contributed by atoms with Crippen LogP contribution in [0.15, 0.2) is 78.8 Å². The van der Waals surface area contributed by atoms with E-state index in [4.69, 9.17) is 31.8 Å². The molecule has 9 rings (SSSR count). The first-order chi connectivity index (χ1) is 38.8. The zero-order valence-electron chi connectivity index (χ0n) is 46.2. The summed E-state index contributed by atoms with van der Waals surface area (Å²) in [7, 11) is 0. The summed E-state index contributed by atoms with van der Waals surface area (Å²) in [6, 6.07) is 17.9. The van der Waals surface area contributed by atoms with Crippen LogP contribution in [0, 0.1) is 35.4 Å². The maximum Gasteiger partial charge on any atom is 0.319 e. The lowest BCUT2D eigenvalue weighted by Gasteiger charge is -2.41. The van der Waals surface area contributed by atoms with Crippen LogP contribution in [-0.2, 0) is 23.9 Å². The molecule has 6 heterocycles. The number of anilines is 2. The molecule has 81 heavy (non-hydrogen) atoms. The third kappa shape index (κ3) is 13.2. The molecule has 0 saturated carbocycles. The normalized spacial score (nSPS) is 18.9. The van der Waals surface area contributed by atoms with Crippen molar-refractivity contribution in [3.8, 4) is 33.8 Å². The van der Waals surface area contributed by atoms with Crippen LogP contribution in [0.5, 0.6) is 6.01 Å². The Morgan fingerprint density at radius 2 is 1.77 bits per heavy atom. The quantitative estimate of drug-likeness (QED) is 0.0620. The number of rotatable bonds is 18. The molecule has 19 nitrogen and oxygen atoms in total. The molecule has 4 amide bonds. The van der Waals surface area contributed by atoms with E-state index >= 15 is 4.39 Å². The van der Waals surface area contributed by atoms with Crippen molar-refractivity contribution in [3.05, 3.63) is 101 Å². The van der Waals surface area contributed by atoms with Gasteiger partial charge < -0.3 is 45.6 Å². The number of hydrogen-bond donors (Lipinski definition) is 4. The number of carbonyl (C=O) groups is 4. The van der Waals surface area contributed by atoms with Crippen molar-refractivity contribution in [2.75, 3.05) is 76.3 Å². The van der Waals surface area contributed by atoms with Crippen molar-refractivity contribution in [2.45, 2.75) is 90.6 Å². The first-order valence-corrected chi connectivity index (χ1v) is 28.5. The van der Waals surface area contributed by atoms with Crippen LogP contribution >= 0.6 is 22.9 Å². The maximum atomic E-state index is 17.2. The number of piperidine rings is 1. The van der Waals surface area contributed by atoms with Gasteiger partial charge in [-0.3, -0.25) is 24.1 Å². The van der Waals surface area contributed by atoms with Crippen molar-refractivity contribution >= 4 is 79.9 Å². The Balaban J connectivity index is 0.795. The number of ether oxygens (including phenoxy) is 2. The molecule has 3 aromatic carbocycles. The van der Waals surface area contributed by atoms with Gasteiger partial charge in [0, 0.05) is 49.9 Å². The number of pyridine rings is 1. The zero-order valence-corrected chi connectivity index (χ0v) is 47.7. The highest BCUT2D eigenvalue weighted by molar-refractivity contribution is 7.13. The SMILES string of the molecule is C=CC(=O)N1CCN(c2nc(OCCN3CCC(COCC(=O)N[C@H](C(=O)N4C[C@H](O)C[C@H]4C(=O)N[C@@H](C)c4ccc(-c5scnc5C)cc4)C(C)(C)C)CC3)nc3c(F)c(-c4nc(N)cc5ccccc45)c(Cl)cc23)C[C@@H]1CC#N. The van der Waals surface area contributed by atoms with E-state index in [0.29, 0.717) is 49.4 Å². The first-order valence-electron chi connectivity index (χ1n) is 27.2. The van der Waals surface area contributed by atoms with E-state index in [1.54, 1.807) is 28.4 Å². The highest BCUT2D eigenvalue weighted by Gasteiger charge is 2.45. The summed E-state index contributed by atoms with van der Waals surface area (Å²) in [6.45, 7) is 15.9. The molecule has 426 valence electrons. The molecule has 0 unspecified atom stereocenters. The summed E-state index contributed by atoms with van der Waals surface area (Å²) in [5.74, 6) is -1.66. The van der Waals surface area contributed by atoms with E-state index in [-0.39, 0.29) is 103 Å². The largest absolute Gasteiger partial charge is 0.462 e. The maximum absolute atomic E-state index is 17.2. The minimum Gasteiger partial charge on any atom is -0.462 e. The Hall–Kier alpha value is -7.35. The smallest absolute Gasteiger partial charge is 0.319 e. The fourth-order valence-electron chi connectivity index (χ4n) is 11.0. The van der Waals surface area contributed by atoms with Gasteiger partial charge in [-0.05, 0) is 85.8 Å². The number of carbonyl (C=O) groups excluding carboxylic acids is 4. The summed E-state index contributed by atoms with van der Waals surface area (Å²) in [6.07, 6.45) is 2.00. The van der Waals surface area contributed by atoms with Gasteiger partial charge in [0.1, 0.15) is 42.4 Å². The number of nitrogen functional groups attached to an aromatic ring is 1. The molecule has 3 saturated heterocycles. The number of benzene rings is 3. The molecule has 3 aromatic heterocycles. The Bertz CT molecular complexity index is 3360. The Labute approximate surface area is 479 Å². The Morgan fingerprint density at radius 3 is 2.47 bits per heavy atom. The number of halogens is 2. The highest BCUT2D eigenvalue weighted by atomic mass is 35.5. The standard InChI is InChI=1S/C59H68ClFN12O7S/c1-7-48(76)72-23-22-71(29-40(72)16-19-62)55-43-28-44(60)49(51-42-11-9-8-10-39(42)26-46(63)66-51)50(61)52(43)68-58(69-55)80-25-24-70-20-17-36(18-21-70)31-79-32-47(75)67-54(59(4,5)6)57(78)73-30-41(74)27-45(73)56(77)65-34(2)37-12-14-38(15-13-37)53-35(3)64-33-81-53/h7-15,26,28,33-34,36,40-41,45,54,74H,1,16-18,20-25,27,29-32H2,2-6H3,(H2,63,66)(H,65,77)(H,67,75)/t34-,40-,41+,45-,54+/m0/s1. The van der Waals surface area contributed by atoms with Crippen molar-refractivity contribution in [1.82, 2.24) is 45.3 Å². The Morgan fingerprint density at radius 1 is 1.01 bits per heavy atom. The first kappa shape index (κ1) is 58.3. The molecule has 0 bridgehead atoms. The highest BCUT2D eigenvalue weighted by Crippen LogP contribution is 2.41. The zero-order chi connectivity index (χ0) is 57.7. The monoisotopic (exact) mass is 1140 g/mol. The second-order valence-electron chi connectivity index (χ2n) is 22.1. The summed E-state index contributed by atoms with van der Waals surface area (Å²) in [5, 5.41) is 28.1. The van der Waals surface area contributed by atoms with Gasteiger partial charge in [-0.2, -0.15) is 15.2 Å². The van der Waals surface area contributed by atoms with Crippen LogP contribution in [0.4, 0.5) is 16.0 Å².